The van der Waals surface area contributed by atoms with Gasteiger partial charge in [-0.2, -0.15) is 0 Å². The van der Waals surface area contributed by atoms with Crippen molar-refractivity contribution in [3.05, 3.63) is 30.3 Å². The van der Waals surface area contributed by atoms with Crippen LogP contribution in [0.1, 0.15) is 6.92 Å². The molecule has 1 amide bonds. The van der Waals surface area contributed by atoms with E-state index in [2.05, 4.69) is 5.32 Å². The number of carbonyl (C=O) groups excluding carboxylic acids is 1. The van der Waals surface area contributed by atoms with Crippen molar-refractivity contribution >= 4 is 11.9 Å². The van der Waals surface area contributed by atoms with Crippen LogP contribution >= 0.6 is 0 Å². The van der Waals surface area contributed by atoms with Crippen LogP contribution in [0.2, 0.25) is 0 Å². The summed E-state index contributed by atoms with van der Waals surface area (Å²) in [5, 5.41) is 10.9. The Morgan fingerprint density at radius 2 is 1.95 bits per heavy atom. The van der Waals surface area contributed by atoms with Crippen LogP contribution in [-0.2, 0) is 14.3 Å². The lowest BCUT2D eigenvalue weighted by molar-refractivity contribution is -0.142. The molecule has 1 aromatic carbocycles. The van der Waals surface area contributed by atoms with E-state index in [1.165, 1.54) is 6.92 Å². The number of hydrogen-bond acceptors (Lipinski definition) is 4. The van der Waals surface area contributed by atoms with Gasteiger partial charge in [0.2, 0.25) is 5.91 Å². The Bertz CT molecular complexity index is 407. The summed E-state index contributed by atoms with van der Waals surface area (Å²) in [4.78, 5) is 21.7. The fourth-order valence-corrected chi connectivity index (χ4v) is 1.24. The van der Waals surface area contributed by atoms with E-state index < -0.39 is 17.9 Å². The lowest BCUT2D eigenvalue weighted by Gasteiger charge is -2.10. The zero-order valence-electron chi connectivity index (χ0n) is 10.7. The van der Waals surface area contributed by atoms with Crippen molar-refractivity contribution in [1.29, 1.82) is 0 Å². The van der Waals surface area contributed by atoms with Crippen LogP contribution in [0, 0.1) is 0 Å². The van der Waals surface area contributed by atoms with E-state index in [1.54, 1.807) is 0 Å². The molecule has 104 valence electrons. The number of carboxylic acid groups (broad SMARTS) is 1. The summed E-state index contributed by atoms with van der Waals surface area (Å²) in [6, 6.07) is 8.32. The molecule has 0 spiro atoms. The zero-order chi connectivity index (χ0) is 14.1. The maximum atomic E-state index is 11.3. The number of rotatable bonds is 8. The summed E-state index contributed by atoms with van der Waals surface area (Å²) < 4.78 is 10.4. The number of amides is 1. The summed E-state index contributed by atoms with van der Waals surface area (Å²) in [7, 11) is 0. The summed E-state index contributed by atoms with van der Waals surface area (Å²) in [5.74, 6) is -0.814. The number of nitrogens with one attached hydrogen (secondary N) is 1. The highest BCUT2D eigenvalue weighted by Crippen LogP contribution is 2.07. The van der Waals surface area contributed by atoms with Gasteiger partial charge in [0.25, 0.3) is 0 Å². The molecule has 0 heterocycles. The lowest BCUT2D eigenvalue weighted by atomic mass is 10.3. The predicted molar refractivity (Wildman–Crippen MR) is 68.0 cm³/mol. The summed E-state index contributed by atoms with van der Waals surface area (Å²) in [6.07, 6.45) is 0. The van der Waals surface area contributed by atoms with Gasteiger partial charge in [-0.15, -0.1) is 0 Å². The largest absolute Gasteiger partial charge is 0.491 e. The highest BCUT2D eigenvalue weighted by atomic mass is 16.5. The van der Waals surface area contributed by atoms with Crippen molar-refractivity contribution in [3.63, 3.8) is 0 Å². The Morgan fingerprint density at radius 3 is 2.58 bits per heavy atom. The summed E-state index contributed by atoms with van der Waals surface area (Å²) in [6.45, 7) is 1.78. The zero-order valence-corrected chi connectivity index (χ0v) is 10.7. The number of benzene rings is 1. The van der Waals surface area contributed by atoms with E-state index in [0.717, 1.165) is 5.75 Å². The quantitative estimate of drug-likeness (QED) is 0.676. The molecule has 0 aliphatic rings. The van der Waals surface area contributed by atoms with E-state index in [4.69, 9.17) is 14.6 Å². The van der Waals surface area contributed by atoms with Gasteiger partial charge in [0.05, 0.1) is 6.61 Å². The topological polar surface area (TPSA) is 84.9 Å². The normalized spacial score (nSPS) is 11.6. The number of ether oxygens (including phenoxy) is 2. The first-order valence-electron chi connectivity index (χ1n) is 5.87. The van der Waals surface area contributed by atoms with Crippen LogP contribution in [0.4, 0.5) is 0 Å². The van der Waals surface area contributed by atoms with Crippen molar-refractivity contribution < 1.29 is 24.2 Å². The molecule has 1 atom stereocenters. The minimum Gasteiger partial charge on any atom is -0.491 e. The van der Waals surface area contributed by atoms with Gasteiger partial charge in [-0.3, -0.25) is 9.59 Å². The second-order valence-corrected chi connectivity index (χ2v) is 3.84. The lowest BCUT2D eigenvalue weighted by Crippen LogP contribution is -2.40. The average molecular weight is 267 g/mol. The first-order valence-corrected chi connectivity index (χ1v) is 5.87. The third-order valence-electron chi connectivity index (χ3n) is 2.22. The van der Waals surface area contributed by atoms with Gasteiger partial charge in [0.1, 0.15) is 25.0 Å². The predicted octanol–water partition coefficient (Wildman–Crippen LogP) is 0.671. The fraction of sp³-hybridized carbons (Fsp3) is 0.385. The molecule has 0 fully saturated rings. The smallest absolute Gasteiger partial charge is 0.325 e. The van der Waals surface area contributed by atoms with E-state index >= 15 is 0 Å². The van der Waals surface area contributed by atoms with Gasteiger partial charge in [-0.1, -0.05) is 18.2 Å². The SMILES string of the molecule is C[C@@H](NC(=O)COCCOc1ccccc1)C(=O)O. The number of hydrogen-bond donors (Lipinski definition) is 2. The van der Waals surface area contributed by atoms with Gasteiger partial charge < -0.3 is 19.9 Å². The van der Waals surface area contributed by atoms with Crippen LogP contribution in [0.15, 0.2) is 30.3 Å². The van der Waals surface area contributed by atoms with Crippen molar-refractivity contribution in [1.82, 2.24) is 5.32 Å². The van der Waals surface area contributed by atoms with Crippen molar-refractivity contribution in [3.8, 4) is 5.75 Å². The molecule has 0 saturated heterocycles. The van der Waals surface area contributed by atoms with Crippen LogP contribution in [0.5, 0.6) is 5.75 Å². The Balaban J connectivity index is 2.08. The fourth-order valence-electron chi connectivity index (χ4n) is 1.24. The molecule has 6 heteroatoms. The Hall–Kier alpha value is -2.08. The van der Waals surface area contributed by atoms with Gasteiger partial charge in [-0.25, -0.2) is 0 Å². The minimum absolute atomic E-state index is 0.185. The third kappa shape index (κ3) is 6.42. The first kappa shape index (κ1) is 15.0. The molecule has 0 aliphatic carbocycles. The summed E-state index contributed by atoms with van der Waals surface area (Å²) in [5.41, 5.74) is 0. The maximum absolute atomic E-state index is 11.3. The molecule has 0 aliphatic heterocycles. The molecule has 0 aromatic heterocycles. The highest BCUT2D eigenvalue weighted by Gasteiger charge is 2.13. The number of para-hydroxylation sites is 1. The molecule has 1 aromatic rings. The van der Waals surface area contributed by atoms with E-state index in [1.807, 2.05) is 30.3 Å². The minimum atomic E-state index is -1.08. The van der Waals surface area contributed by atoms with Crippen molar-refractivity contribution in [2.75, 3.05) is 19.8 Å². The first-order chi connectivity index (χ1) is 9.09. The number of carboxylic acids is 1. The highest BCUT2D eigenvalue weighted by molar-refractivity contribution is 5.83. The van der Waals surface area contributed by atoms with Gasteiger partial charge in [-0.05, 0) is 19.1 Å². The third-order valence-corrected chi connectivity index (χ3v) is 2.22. The Kier molecular flexibility index (Phi) is 6.38. The molecule has 0 saturated carbocycles. The molecule has 0 unspecified atom stereocenters. The molecule has 0 bridgehead atoms. The summed E-state index contributed by atoms with van der Waals surface area (Å²) >= 11 is 0. The van der Waals surface area contributed by atoms with Crippen LogP contribution < -0.4 is 10.1 Å². The monoisotopic (exact) mass is 267 g/mol. The molecule has 2 N–H and O–H groups in total. The second-order valence-electron chi connectivity index (χ2n) is 3.84. The van der Waals surface area contributed by atoms with Gasteiger partial charge >= 0.3 is 5.97 Å². The molecule has 6 nitrogen and oxygen atoms in total. The van der Waals surface area contributed by atoms with Crippen molar-refractivity contribution in [2.24, 2.45) is 0 Å². The van der Waals surface area contributed by atoms with Crippen molar-refractivity contribution in [2.45, 2.75) is 13.0 Å². The van der Waals surface area contributed by atoms with Gasteiger partial charge in [0.15, 0.2) is 0 Å². The molecule has 19 heavy (non-hydrogen) atoms. The standard InChI is InChI=1S/C13H17NO5/c1-10(13(16)17)14-12(15)9-18-7-8-19-11-5-3-2-4-6-11/h2-6,10H,7-9H2,1H3,(H,14,15)(H,16,17)/t10-/m1/s1. The Morgan fingerprint density at radius 1 is 1.26 bits per heavy atom. The van der Waals surface area contributed by atoms with Crippen LogP contribution in [0.25, 0.3) is 0 Å². The van der Waals surface area contributed by atoms with E-state index in [9.17, 15) is 9.59 Å². The maximum Gasteiger partial charge on any atom is 0.325 e. The van der Waals surface area contributed by atoms with E-state index in [-0.39, 0.29) is 13.2 Å². The van der Waals surface area contributed by atoms with E-state index in [0.29, 0.717) is 6.61 Å². The second kappa shape index (κ2) is 8.10. The Labute approximate surface area is 111 Å². The van der Waals surface area contributed by atoms with Crippen LogP contribution in [0.3, 0.4) is 0 Å². The number of carbonyl (C=O) groups is 2. The average Bonchev–Trinajstić information content (AvgIpc) is 2.39. The molecule has 0 radical (unpaired) electrons. The molecular formula is C13H17NO5. The molecule has 1 rings (SSSR count). The van der Waals surface area contributed by atoms with Gasteiger partial charge in [0, 0.05) is 0 Å². The van der Waals surface area contributed by atoms with Crippen LogP contribution in [-0.4, -0.2) is 42.8 Å². The molecular weight excluding hydrogens is 250 g/mol. The number of aliphatic carboxylic acids is 1.